The first-order valence-corrected chi connectivity index (χ1v) is 9.14. The van der Waals surface area contributed by atoms with E-state index in [1.54, 1.807) is 28.8 Å². The standard InChI is InChI=1S/C15H16N6O3S/c1-10-8-9-21-14(16-10)18-19-15(21)17-13(22)11-4-6-12(7-5-11)20(2)25(3,23)24/h4-9H,1-3H3,(H,17,19,22). The summed E-state index contributed by atoms with van der Waals surface area (Å²) in [6.45, 7) is 1.84. The number of anilines is 2. The Morgan fingerprint density at radius 2 is 1.84 bits per heavy atom. The van der Waals surface area contributed by atoms with Crippen LogP contribution in [0.5, 0.6) is 0 Å². The summed E-state index contributed by atoms with van der Waals surface area (Å²) >= 11 is 0. The third-order valence-corrected chi connectivity index (χ3v) is 4.84. The molecule has 0 saturated carbocycles. The van der Waals surface area contributed by atoms with E-state index in [0.29, 0.717) is 17.0 Å². The molecule has 1 N–H and O–H groups in total. The number of rotatable bonds is 4. The Hall–Kier alpha value is -3.01. The lowest BCUT2D eigenvalue weighted by atomic mass is 10.2. The van der Waals surface area contributed by atoms with Crippen LogP contribution in [0.3, 0.4) is 0 Å². The van der Waals surface area contributed by atoms with Crippen molar-refractivity contribution >= 4 is 33.3 Å². The number of carbonyl (C=O) groups excluding carboxylic acids is 1. The largest absolute Gasteiger partial charge is 0.290 e. The number of fused-ring (bicyclic) bond motifs is 1. The van der Waals surface area contributed by atoms with Gasteiger partial charge in [0.25, 0.3) is 11.7 Å². The molecule has 2 aromatic heterocycles. The summed E-state index contributed by atoms with van der Waals surface area (Å²) in [5, 5.41) is 10.5. The van der Waals surface area contributed by atoms with E-state index >= 15 is 0 Å². The highest BCUT2D eigenvalue weighted by Gasteiger charge is 2.14. The van der Waals surface area contributed by atoms with Gasteiger partial charge in [-0.3, -0.25) is 18.8 Å². The van der Waals surface area contributed by atoms with Crippen LogP contribution in [-0.4, -0.2) is 47.2 Å². The first-order valence-electron chi connectivity index (χ1n) is 7.29. The maximum absolute atomic E-state index is 12.4. The molecule has 3 aromatic rings. The van der Waals surface area contributed by atoms with Crippen LogP contribution in [0.1, 0.15) is 16.1 Å². The molecule has 0 radical (unpaired) electrons. The summed E-state index contributed by atoms with van der Waals surface area (Å²) in [5.74, 6) is 0.258. The molecule has 25 heavy (non-hydrogen) atoms. The zero-order valence-electron chi connectivity index (χ0n) is 13.8. The molecule has 0 unspecified atom stereocenters. The summed E-state index contributed by atoms with van der Waals surface area (Å²) in [4.78, 5) is 16.6. The van der Waals surface area contributed by atoms with E-state index in [2.05, 4.69) is 20.5 Å². The number of amides is 1. The first kappa shape index (κ1) is 16.8. The van der Waals surface area contributed by atoms with Crippen molar-refractivity contribution in [2.75, 3.05) is 22.9 Å². The molecule has 0 aliphatic heterocycles. The van der Waals surface area contributed by atoms with Crippen LogP contribution in [0, 0.1) is 6.92 Å². The maximum Gasteiger partial charge on any atom is 0.258 e. The van der Waals surface area contributed by atoms with E-state index in [0.717, 1.165) is 16.3 Å². The van der Waals surface area contributed by atoms with E-state index in [4.69, 9.17) is 0 Å². The Morgan fingerprint density at radius 3 is 2.48 bits per heavy atom. The van der Waals surface area contributed by atoms with Crippen LogP contribution in [0.4, 0.5) is 11.6 Å². The molecule has 10 heteroatoms. The fourth-order valence-electron chi connectivity index (χ4n) is 2.15. The van der Waals surface area contributed by atoms with E-state index in [1.807, 2.05) is 6.92 Å². The second-order valence-corrected chi connectivity index (χ2v) is 7.51. The van der Waals surface area contributed by atoms with Gasteiger partial charge in [-0.25, -0.2) is 13.4 Å². The maximum atomic E-state index is 12.4. The van der Waals surface area contributed by atoms with Gasteiger partial charge in [0.05, 0.1) is 11.9 Å². The summed E-state index contributed by atoms with van der Waals surface area (Å²) in [6.07, 6.45) is 2.83. The predicted molar refractivity (Wildman–Crippen MR) is 93.2 cm³/mol. The highest BCUT2D eigenvalue weighted by Crippen LogP contribution is 2.17. The van der Waals surface area contributed by atoms with Gasteiger partial charge in [0.1, 0.15) is 0 Å². The van der Waals surface area contributed by atoms with Gasteiger partial charge in [-0.05, 0) is 37.3 Å². The molecule has 0 saturated heterocycles. The van der Waals surface area contributed by atoms with E-state index in [-0.39, 0.29) is 11.9 Å². The number of carbonyl (C=O) groups is 1. The number of nitrogens with zero attached hydrogens (tertiary/aromatic N) is 5. The van der Waals surface area contributed by atoms with Crippen LogP contribution >= 0.6 is 0 Å². The fourth-order valence-corrected chi connectivity index (χ4v) is 2.65. The minimum absolute atomic E-state index is 0.254. The Labute approximate surface area is 144 Å². The third-order valence-electron chi connectivity index (χ3n) is 3.63. The quantitative estimate of drug-likeness (QED) is 0.745. The molecular weight excluding hydrogens is 344 g/mol. The SMILES string of the molecule is Cc1ccn2c(NC(=O)c3ccc(N(C)S(C)(=O)=O)cc3)nnc2n1. The van der Waals surface area contributed by atoms with Crippen molar-refractivity contribution in [1.82, 2.24) is 19.6 Å². The zero-order chi connectivity index (χ0) is 18.2. The summed E-state index contributed by atoms with van der Waals surface area (Å²) in [7, 11) is -1.91. The van der Waals surface area contributed by atoms with Crippen LogP contribution in [0.15, 0.2) is 36.5 Å². The van der Waals surface area contributed by atoms with Crippen LogP contribution in [0.2, 0.25) is 0 Å². The average molecular weight is 360 g/mol. The summed E-state index contributed by atoms with van der Waals surface area (Å²) in [5.41, 5.74) is 1.62. The average Bonchev–Trinajstić information content (AvgIpc) is 2.95. The molecule has 3 rings (SSSR count). The van der Waals surface area contributed by atoms with E-state index in [1.165, 1.54) is 19.2 Å². The van der Waals surface area contributed by atoms with Gasteiger partial charge in [0, 0.05) is 24.5 Å². The molecule has 1 aromatic carbocycles. The monoisotopic (exact) mass is 360 g/mol. The van der Waals surface area contributed by atoms with Gasteiger partial charge in [-0.1, -0.05) is 0 Å². The Bertz CT molecular complexity index is 1040. The molecule has 0 spiro atoms. The van der Waals surface area contributed by atoms with Crippen LogP contribution in [-0.2, 0) is 10.0 Å². The minimum atomic E-state index is -3.35. The lowest BCUT2D eigenvalue weighted by Crippen LogP contribution is -2.24. The van der Waals surface area contributed by atoms with Crippen molar-refractivity contribution in [3.63, 3.8) is 0 Å². The predicted octanol–water partition coefficient (Wildman–Crippen LogP) is 1.08. The van der Waals surface area contributed by atoms with Gasteiger partial charge < -0.3 is 0 Å². The normalized spacial score (nSPS) is 11.5. The van der Waals surface area contributed by atoms with Gasteiger partial charge in [0.15, 0.2) is 0 Å². The molecule has 0 bridgehead atoms. The van der Waals surface area contributed by atoms with Gasteiger partial charge in [-0.2, -0.15) is 0 Å². The molecule has 2 heterocycles. The molecule has 1 amide bonds. The summed E-state index contributed by atoms with van der Waals surface area (Å²) in [6, 6.07) is 7.98. The molecule has 0 aliphatic carbocycles. The highest BCUT2D eigenvalue weighted by molar-refractivity contribution is 7.92. The Morgan fingerprint density at radius 1 is 1.16 bits per heavy atom. The minimum Gasteiger partial charge on any atom is -0.290 e. The van der Waals surface area contributed by atoms with Crippen molar-refractivity contribution < 1.29 is 13.2 Å². The Balaban J connectivity index is 1.81. The molecule has 130 valence electrons. The number of aryl methyl sites for hydroxylation is 1. The molecule has 0 atom stereocenters. The third kappa shape index (κ3) is 3.43. The van der Waals surface area contributed by atoms with Crippen molar-refractivity contribution in [3.05, 3.63) is 47.8 Å². The number of nitrogens with one attached hydrogen (secondary N) is 1. The second-order valence-electron chi connectivity index (χ2n) is 5.49. The zero-order valence-corrected chi connectivity index (χ0v) is 14.6. The van der Waals surface area contributed by atoms with Crippen molar-refractivity contribution in [2.45, 2.75) is 6.92 Å². The van der Waals surface area contributed by atoms with Gasteiger partial charge in [-0.15, -0.1) is 10.2 Å². The highest BCUT2D eigenvalue weighted by atomic mass is 32.2. The van der Waals surface area contributed by atoms with E-state index in [9.17, 15) is 13.2 Å². The van der Waals surface area contributed by atoms with E-state index < -0.39 is 10.0 Å². The molecule has 0 aliphatic rings. The number of hydrogen-bond acceptors (Lipinski definition) is 6. The van der Waals surface area contributed by atoms with Gasteiger partial charge >= 0.3 is 0 Å². The lowest BCUT2D eigenvalue weighted by molar-refractivity contribution is 0.102. The van der Waals surface area contributed by atoms with Crippen molar-refractivity contribution in [3.8, 4) is 0 Å². The van der Waals surface area contributed by atoms with Crippen molar-refractivity contribution in [2.24, 2.45) is 0 Å². The summed E-state index contributed by atoms with van der Waals surface area (Å²) < 4.78 is 25.8. The first-order chi connectivity index (χ1) is 11.8. The molecule has 9 nitrogen and oxygen atoms in total. The molecule has 0 fully saturated rings. The van der Waals surface area contributed by atoms with Crippen LogP contribution < -0.4 is 9.62 Å². The number of sulfonamides is 1. The number of hydrogen-bond donors (Lipinski definition) is 1. The number of aromatic nitrogens is 4. The number of benzene rings is 1. The second kappa shape index (κ2) is 6.13. The smallest absolute Gasteiger partial charge is 0.258 e. The Kier molecular flexibility index (Phi) is 4.13. The van der Waals surface area contributed by atoms with Gasteiger partial charge in [0.2, 0.25) is 16.0 Å². The lowest BCUT2D eigenvalue weighted by Gasteiger charge is -2.16. The fraction of sp³-hybridized carbons (Fsp3) is 0.200. The topological polar surface area (TPSA) is 110 Å². The van der Waals surface area contributed by atoms with Crippen LogP contribution in [0.25, 0.3) is 5.78 Å². The van der Waals surface area contributed by atoms with Crippen molar-refractivity contribution in [1.29, 1.82) is 0 Å². The molecular formula is C15H16N6O3S.